The number of nitrogens with one attached hydrogen (secondary N) is 1. The molecule has 0 saturated heterocycles. The molecule has 102 valence electrons. The number of hydrogen-bond acceptors (Lipinski definition) is 6. The summed E-state index contributed by atoms with van der Waals surface area (Å²) in [7, 11) is -3.63. The Morgan fingerprint density at radius 2 is 1.89 bits per heavy atom. The molecule has 0 fully saturated rings. The van der Waals surface area contributed by atoms with Crippen LogP contribution in [0.3, 0.4) is 0 Å². The van der Waals surface area contributed by atoms with Crippen LogP contribution in [0.25, 0.3) is 0 Å². The van der Waals surface area contributed by atoms with E-state index in [-0.39, 0.29) is 16.1 Å². The fraction of sp³-hybridized carbons (Fsp3) is 0.273. The minimum Gasteiger partial charge on any atom is -0.324 e. The zero-order valence-electron chi connectivity index (χ0n) is 10.5. The average Bonchev–Trinajstić information content (AvgIpc) is 2.74. The first kappa shape index (κ1) is 13.9. The maximum Gasteiger partial charge on any atom is 0.263 e. The van der Waals surface area contributed by atoms with E-state index in [0.29, 0.717) is 5.01 Å². The SMILES string of the molecule is Cc1nnc(NS(=O)(=O)c2ccc(C(C)N)cc2)s1. The van der Waals surface area contributed by atoms with Crippen LogP contribution in [0.4, 0.5) is 5.13 Å². The van der Waals surface area contributed by atoms with E-state index in [0.717, 1.165) is 5.56 Å². The van der Waals surface area contributed by atoms with Gasteiger partial charge in [0.2, 0.25) is 5.13 Å². The van der Waals surface area contributed by atoms with Crippen molar-refractivity contribution in [1.29, 1.82) is 0 Å². The summed E-state index contributed by atoms with van der Waals surface area (Å²) in [5.41, 5.74) is 6.60. The van der Waals surface area contributed by atoms with Crippen LogP contribution in [0.15, 0.2) is 29.2 Å². The molecule has 1 unspecified atom stereocenters. The Morgan fingerprint density at radius 1 is 1.26 bits per heavy atom. The maximum atomic E-state index is 12.1. The zero-order chi connectivity index (χ0) is 14.0. The van der Waals surface area contributed by atoms with Crippen molar-refractivity contribution < 1.29 is 8.42 Å². The molecule has 0 aliphatic carbocycles. The van der Waals surface area contributed by atoms with Crippen molar-refractivity contribution in [3.8, 4) is 0 Å². The van der Waals surface area contributed by atoms with Crippen LogP contribution < -0.4 is 10.5 Å². The lowest BCUT2D eigenvalue weighted by atomic mass is 10.1. The number of anilines is 1. The topological polar surface area (TPSA) is 98.0 Å². The van der Waals surface area contributed by atoms with Gasteiger partial charge >= 0.3 is 0 Å². The standard InChI is InChI=1S/C11H14N4O2S2/c1-7(12)9-3-5-10(6-4-9)19(16,17)15-11-14-13-8(2)18-11/h3-7H,12H2,1-2H3,(H,14,15). The highest BCUT2D eigenvalue weighted by atomic mass is 32.2. The second kappa shape index (κ2) is 5.24. The van der Waals surface area contributed by atoms with E-state index >= 15 is 0 Å². The van der Waals surface area contributed by atoms with Crippen molar-refractivity contribution in [2.45, 2.75) is 24.8 Å². The number of aryl methyl sites for hydroxylation is 1. The molecule has 2 rings (SSSR count). The summed E-state index contributed by atoms with van der Waals surface area (Å²) >= 11 is 1.18. The van der Waals surface area contributed by atoms with Crippen molar-refractivity contribution in [1.82, 2.24) is 10.2 Å². The Labute approximate surface area is 115 Å². The Kier molecular flexibility index (Phi) is 3.83. The molecule has 0 saturated carbocycles. The van der Waals surface area contributed by atoms with Gasteiger partial charge in [0.05, 0.1) is 4.90 Å². The molecular formula is C11H14N4O2S2. The smallest absolute Gasteiger partial charge is 0.263 e. The van der Waals surface area contributed by atoms with Crippen LogP contribution in [0.5, 0.6) is 0 Å². The van der Waals surface area contributed by atoms with Crippen LogP contribution in [0.2, 0.25) is 0 Å². The zero-order valence-corrected chi connectivity index (χ0v) is 12.1. The third kappa shape index (κ3) is 3.28. The summed E-state index contributed by atoms with van der Waals surface area (Å²) in [4.78, 5) is 0.171. The maximum absolute atomic E-state index is 12.1. The molecule has 0 aliphatic heterocycles. The molecule has 19 heavy (non-hydrogen) atoms. The number of rotatable bonds is 4. The molecule has 1 atom stereocenters. The molecule has 0 radical (unpaired) electrons. The summed E-state index contributed by atoms with van der Waals surface area (Å²) in [6.07, 6.45) is 0. The first-order chi connectivity index (χ1) is 8.88. The van der Waals surface area contributed by atoms with Crippen LogP contribution in [0.1, 0.15) is 23.5 Å². The van der Waals surface area contributed by atoms with Gasteiger partial charge in [0.15, 0.2) is 0 Å². The molecule has 0 aliphatic rings. The molecule has 1 aromatic heterocycles. The average molecular weight is 298 g/mol. The molecule has 1 heterocycles. The molecule has 0 spiro atoms. The van der Waals surface area contributed by atoms with Gasteiger partial charge in [-0.3, -0.25) is 4.72 Å². The first-order valence-corrected chi connectivity index (χ1v) is 7.87. The van der Waals surface area contributed by atoms with E-state index in [9.17, 15) is 8.42 Å². The minimum absolute atomic E-state index is 0.129. The number of nitrogens with zero attached hydrogens (tertiary/aromatic N) is 2. The Bertz CT molecular complexity index is 662. The highest BCUT2D eigenvalue weighted by Crippen LogP contribution is 2.20. The van der Waals surface area contributed by atoms with Crippen LogP contribution >= 0.6 is 11.3 Å². The summed E-state index contributed by atoms with van der Waals surface area (Å²) in [5, 5.41) is 8.44. The van der Waals surface area contributed by atoms with Gasteiger partial charge in [0.25, 0.3) is 10.0 Å². The Morgan fingerprint density at radius 3 is 2.37 bits per heavy atom. The van der Waals surface area contributed by atoms with E-state index in [1.54, 1.807) is 19.1 Å². The van der Waals surface area contributed by atoms with E-state index in [1.807, 2.05) is 6.92 Å². The van der Waals surface area contributed by atoms with Crippen LogP contribution in [-0.2, 0) is 10.0 Å². The molecule has 1 aromatic carbocycles. The number of hydrogen-bond donors (Lipinski definition) is 2. The van der Waals surface area contributed by atoms with Gasteiger partial charge in [-0.2, -0.15) is 0 Å². The fourth-order valence-corrected chi connectivity index (χ4v) is 3.28. The molecule has 0 bridgehead atoms. The molecule has 8 heteroatoms. The van der Waals surface area contributed by atoms with Crippen molar-refractivity contribution in [2.75, 3.05) is 4.72 Å². The third-order valence-electron chi connectivity index (χ3n) is 2.46. The summed E-state index contributed by atoms with van der Waals surface area (Å²) in [6.45, 7) is 3.60. The van der Waals surface area contributed by atoms with Crippen molar-refractivity contribution >= 4 is 26.5 Å². The van der Waals surface area contributed by atoms with Crippen LogP contribution in [0, 0.1) is 6.92 Å². The van der Waals surface area contributed by atoms with Crippen molar-refractivity contribution in [3.05, 3.63) is 34.8 Å². The predicted molar refractivity (Wildman–Crippen MR) is 74.5 cm³/mol. The Balaban J connectivity index is 2.24. The number of sulfonamides is 1. The quantitative estimate of drug-likeness (QED) is 0.894. The lowest BCUT2D eigenvalue weighted by Crippen LogP contribution is -2.13. The molecule has 0 amide bonds. The number of benzene rings is 1. The number of aromatic nitrogens is 2. The van der Waals surface area contributed by atoms with Crippen molar-refractivity contribution in [2.24, 2.45) is 5.73 Å². The van der Waals surface area contributed by atoms with Gasteiger partial charge in [0, 0.05) is 6.04 Å². The molecule has 3 N–H and O–H groups in total. The molecule has 2 aromatic rings. The van der Waals surface area contributed by atoms with E-state index < -0.39 is 10.0 Å². The highest BCUT2D eigenvalue weighted by molar-refractivity contribution is 7.93. The highest BCUT2D eigenvalue weighted by Gasteiger charge is 2.16. The monoisotopic (exact) mass is 298 g/mol. The summed E-state index contributed by atoms with van der Waals surface area (Å²) < 4.78 is 26.6. The normalized spacial score (nSPS) is 13.2. The van der Waals surface area contributed by atoms with Gasteiger partial charge in [-0.25, -0.2) is 8.42 Å². The van der Waals surface area contributed by atoms with Crippen LogP contribution in [-0.4, -0.2) is 18.6 Å². The van der Waals surface area contributed by atoms with Gasteiger partial charge in [0.1, 0.15) is 5.01 Å². The van der Waals surface area contributed by atoms with Gasteiger partial charge in [-0.05, 0) is 31.5 Å². The van der Waals surface area contributed by atoms with E-state index in [2.05, 4.69) is 14.9 Å². The van der Waals surface area contributed by atoms with E-state index in [4.69, 9.17) is 5.73 Å². The largest absolute Gasteiger partial charge is 0.324 e. The lowest BCUT2D eigenvalue weighted by Gasteiger charge is -2.08. The van der Waals surface area contributed by atoms with Gasteiger partial charge in [-0.15, -0.1) is 10.2 Å². The lowest BCUT2D eigenvalue weighted by molar-refractivity contribution is 0.601. The summed E-state index contributed by atoms with van der Waals surface area (Å²) in [6, 6.07) is 6.31. The van der Waals surface area contributed by atoms with Gasteiger partial charge in [-0.1, -0.05) is 23.5 Å². The number of nitrogens with two attached hydrogens (primary N) is 1. The third-order valence-corrected chi connectivity index (χ3v) is 4.70. The predicted octanol–water partition coefficient (Wildman–Crippen LogP) is 1.67. The van der Waals surface area contributed by atoms with Gasteiger partial charge < -0.3 is 5.73 Å². The second-order valence-electron chi connectivity index (χ2n) is 4.09. The first-order valence-electron chi connectivity index (χ1n) is 5.57. The second-order valence-corrected chi connectivity index (χ2v) is 6.95. The van der Waals surface area contributed by atoms with E-state index in [1.165, 1.54) is 23.5 Å². The Hall–Kier alpha value is -1.51. The minimum atomic E-state index is -3.63. The molecular weight excluding hydrogens is 284 g/mol. The molecule has 6 nitrogen and oxygen atoms in total. The fourth-order valence-electron chi connectivity index (χ4n) is 1.46. The summed E-state index contributed by atoms with van der Waals surface area (Å²) in [5.74, 6) is 0. The van der Waals surface area contributed by atoms with Crippen molar-refractivity contribution in [3.63, 3.8) is 0 Å².